The minimum atomic E-state index is -0.0493. The quantitative estimate of drug-likeness (QED) is 0.814. The van der Waals surface area contributed by atoms with Crippen molar-refractivity contribution in [3.05, 3.63) is 33.4 Å². The maximum absolute atomic E-state index is 12.2. The highest BCUT2D eigenvalue weighted by atomic mass is 127. The van der Waals surface area contributed by atoms with Crippen LogP contribution in [0.5, 0.6) is 0 Å². The van der Waals surface area contributed by atoms with Gasteiger partial charge in [-0.15, -0.1) is 12.4 Å². The number of nitrogens with two attached hydrogens (primary N) is 1. The zero-order valence-electron chi connectivity index (χ0n) is 10.9. The van der Waals surface area contributed by atoms with Gasteiger partial charge in [0.25, 0.3) is 5.91 Å². The summed E-state index contributed by atoms with van der Waals surface area (Å²) >= 11 is 2.21. The molecule has 0 heterocycles. The highest BCUT2D eigenvalue weighted by Gasteiger charge is 2.21. The van der Waals surface area contributed by atoms with Crippen LogP contribution in [0.3, 0.4) is 0 Å². The van der Waals surface area contributed by atoms with Crippen LogP contribution in [-0.2, 0) is 0 Å². The van der Waals surface area contributed by atoms with Crippen molar-refractivity contribution in [3.63, 3.8) is 0 Å². The number of hydrogen-bond donors (Lipinski definition) is 1. The molecule has 0 aliphatic carbocycles. The Bertz CT molecular complexity index is 410. The summed E-state index contributed by atoms with van der Waals surface area (Å²) in [5.74, 6) is 0.0463. The summed E-state index contributed by atoms with van der Waals surface area (Å²) in [5, 5.41) is 0. The monoisotopic (exact) mass is 382 g/mol. The van der Waals surface area contributed by atoms with Crippen molar-refractivity contribution < 1.29 is 4.79 Å². The second-order valence-corrected chi connectivity index (χ2v) is 6.29. The van der Waals surface area contributed by atoms with Crippen LogP contribution < -0.4 is 5.73 Å². The van der Waals surface area contributed by atoms with E-state index in [1.165, 1.54) is 0 Å². The average Bonchev–Trinajstić information content (AvgIpc) is 2.27. The zero-order chi connectivity index (χ0) is 13.1. The number of rotatable bonds is 4. The fraction of sp³-hybridized carbons (Fsp3) is 0.462. The maximum Gasteiger partial charge on any atom is 0.253 e. The largest absolute Gasteiger partial charge is 0.341 e. The van der Waals surface area contributed by atoms with Crippen LogP contribution in [0.25, 0.3) is 0 Å². The van der Waals surface area contributed by atoms with E-state index in [2.05, 4.69) is 36.4 Å². The molecule has 5 heteroatoms. The molecule has 0 saturated carbocycles. The van der Waals surface area contributed by atoms with E-state index in [0.717, 1.165) is 9.13 Å². The highest BCUT2D eigenvalue weighted by molar-refractivity contribution is 14.1. The molecule has 0 saturated heterocycles. The Balaban J connectivity index is 0.00000289. The zero-order valence-corrected chi connectivity index (χ0v) is 13.9. The lowest BCUT2D eigenvalue weighted by molar-refractivity contribution is 0.0740. The topological polar surface area (TPSA) is 46.3 Å². The van der Waals surface area contributed by atoms with Crippen LogP contribution in [-0.4, -0.2) is 30.9 Å². The first-order valence-corrected chi connectivity index (χ1v) is 6.65. The number of hydrogen-bond acceptors (Lipinski definition) is 2. The molecular formula is C13H20ClIN2O. The molecule has 0 spiro atoms. The third-order valence-corrected chi connectivity index (χ3v) is 3.31. The van der Waals surface area contributed by atoms with E-state index >= 15 is 0 Å². The lowest BCUT2D eigenvalue weighted by atomic mass is 9.93. The molecule has 3 nitrogen and oxygen atoms in total. The molecule has 0 aromatic heterocycles. The molecule has 1 aromatic rings. The molecule has 0 aliphatic heterocycles. The lowest BCUT2D eigenvalue weighted by Crippen LogP contribution is -2.39. The Hall–Kier alpha value is -0.330. The fourth-order valence-electron chi connectivity index (χ4n) is 1.62. The molecular weight excluding hydrogens is 363 g/mol. The van der Waals surface area contributed by atoms with Gasteiger partial charge in [0.15, 0.2) is 0 Å². The van der Waals surface area contributed by atoms with Gasteiger partial charge in [0.1, 0.15) is 0 Å². The average molecular weight is 383 g/mol. The predicted molar refractivity (Wildman–Crippen MR) is 86.2 cm³/mol. The second kappa shape index (κ2) is 7.31. The second-order valence-electron chi connectivity index (χ2n) is 5.04. The standard InChI is InChI=1S/C13H19IN2O.ClH/c1-13(2,8-15)9-16(3)12(17)10-5-4-6-11(14)7-10;/h4-7H,8-9,15H2,1-3H3;1H. The number of carbonyl (C=O) groups is 1. The summed E-state index contributed by atoms with van der Waals surface area (Å²) in [6, 6.07) is 7.61. The van der Waals surface area contributed by atoms with Crippen LogP contribution in [0.2, 0.25) is 0 Å². The van der Waals surface area contributed by atoms with E-state index in [9.17, 15) is 4.79 Å². The Morgan fingerprint density at radius 2 is 2.06 bits per heavy atom. The molecule has 18 heavy (non-hydrogen) atoms. The van der Waals surface area contributed by atoms with Crippen molar-refractivity contribution >= 4 is 40.9 Å². The van der Waals surface area contributed by atoms with Crippen molar-refractivity contribution in [2.24, 2.45) is 11.1 Å². The van der Waals surface area contributed by atoms with Gasteiger partial charge in [-0.3, -0.25) is 4.79 Å². The van der Waals surface area contributed by atoms with Crippen molar-refractivity contribution in [3.8, 4) is 0 Å². The minimum absolute atomic E-state index is 0. The van der Waals surface area contributed by atoms with E-state index < -0.39 is 0 Å². The van der Waals surface area contributed by atoms with Crippen molar-refractivity contribution in [1.29, 1.82) is 0 Å². The Labute approximate surface area is 129 Å². The first kappa shape index (κ1) is 17.7. The molecule has 0 bridgehead atoms. The molecule has 0 unspecified atom stereocenters. The third kappa shape index (κ3) is 5.12. The Morgan fingerprint density at radius 1 is 1.44 bits per heavy atom. The molecule has 2 N–H and O–H groups in total. The van der Waals surface area contributed by atoms with E-state index in [0.29, 0.717) is 13.1 Å². The van der Waals surface area contributed by atoms with Gasteiger partial charge in [-0.2, -0.15) is 0 Å². The SMILES string of the molecule is CN(CC(C)(C)CN)C(=O)c1cccc(I)c1.Cl. The molecule has 0 aliphatic rings. The summed E-state index contributed by atoms with van der Waals surface area (Å²) in [6.07, 6.45) is 0. The normalized spacial score (nSPS) is 10.7. The molecule has 1 rings (SSSR count). The van der Waals surface area contributed by atoms with Gasteiger partial charge >= 0.3 is 0 Å². The van der Waals surface area contributed by atoms with Crippen LogP contribution in [0, 0.1) is 8.99 Å². The highest BCUT2D eigenvalue weighted by Crippen LogP contribution is 2.16. The van der Waals surface area contributed by atoms with Gasteiger partial charge in [0, 0.05) is 22.7 Å². The van der Waals surface area contributed by atoms with Gasteiger partial charge in [-0.25, -0.2) is 0 Å². The summed E-state index contributed by atoms with van der Waals surface area (Å²) < 4.78 is 1.07. The third-order valence-electron chi connectivity index (χ3n) is 2.64. The van der Waals surface area contributed by atoms with Crippen LogP contribution in [0.1, 0.15) is 24.2 Å². The van der Waals surface area contributed by atoms with Crippen molar-refractivity contribution in [2.75, 3.05) is 20.1 Å². The molecule has 1 aromatic carbocycles. The summed E-state index contributed by atoms with van der Waals surface area (Å²) in [7, 11) is 1.82. The number of amides is 1. The minimum Gasteiger partial charge on any atom is -0.341 e. The van der Waals surface area contributed by atoms with Gasteiger partial charge in [-0.05, 0) is 52.7 Å². The maximum atomic E-state index is 12.2. The lowest BCUT2D eigenvalue weighted by Gasteiger charge is -2.29. The number of nitrogens with zero attached hydrogens (tertiary/aromatic N) is 1. The van der Waals surface area contributed by atoms with Crippen molar-refractivity contribution in [2.45, 2.75) is 13.8 Å². The first-order valence-electron chi connectivity index (χ1n) is 5.57. The summed E-state index contributed by atoms with van der Waals surface area (Å²) in [6.45, 7) is 5.35. The van der Waals surface area contributed by atoms with Gasteiger partial charge in [0.05, 0.1) is 0 Å². The smallest absolute Gasteiger partial charge is 0.253 e. The molecule has 0 fully saturated rings. The number of carbonyl (C=O) groups excluding carboxylic acids is 1. The van der Waals surface area contributed by atoms with Gasteiger partial charge in [-0.1, -0.05) is 19.9 Å². The predicted octanol–water partition coefficient (Wildman–Crippen LogP) is 2.77. The molecule has 1 amide bonds. The van der Waals surface area contributed by atoms with Crippen LogP contribution in [0.4, 0.5) is 0 Å². The molecule has 102 valence electrons. The molecule has 0 radical (unpaired) electrons. The van der Waals surface area contributed by atoms with E-state index in [4.69, 9.17) is 5.73 Å². The van der Waals surface area contributed by atoms with E-state index in [-0.39, 0.29) is 23.7 Å². The first-order chi connectivity index (χ1) is 7.85. The van der Waals surface area contributed by atoms with E-state index in [1.54, 1.807) is 4.90 Å². The summed E-state index contributed by atoms with van der Waals surface area (Å²) in [5.41, 5.74) is 6.36. The Morgan fingerprint density at radius 3 is 2.56 bits per heavy atom. The Kier molecular flexibility index (Phi) is 7.17. The van der Waals surface area contributed by atoms with Gasteiger partial charge < -0.3 is 10.6 Å². The van der Waals surface area contributed by atoms with Gasteiger partial charge in [0.2, 0.25) is 0 Å². The van der Waals surface area contributed by atoms with Crippen LogP contribution >= 0.6 is 35.0 Å². The molecule has 0 atom stereocenters. The van der Waals surface area contributed by atoms with Crippen molar-refractivity contribution in [1.82, 2.24) is 4.90 Å². The fourth-order valence-corrected chi connectivity index (χ4v) is 2.16. The number of halogens is 2. The van der Waals surface area contributed by atoms with Crippen LogP contribution in [0.15, 0.2) is 24.3 Å². The summed E-state index contributed by atoms with van der Waals surface area (Å²) in [4.78, 5) is 13.9. The number of benzene rings is 1. The van der Waals surface area contributed by atoms with E-state index in [1.807, 2.05) is 31.3 Å².